The van der Waals surface area contributed by atoms with E-state index in [9.17, 15) is 9.59 Å². The van der Waals surface area contributed by atoms with E-state index in [4.69, 9.17) is 9.52 Å². The maximum absolute atomic E-state index is 12.4. The SMILES string of the molecule is CCN(CC)Cc1ccc(C(=O)NNC(=O)/C=C/c2cn(-c3ccccc3)nc2-c2cccs2)o1. The fourth-order valence-corrected chi connectivity index (χ4v) is 4.20. The Morgan fingerprint density at radius 3 is 2.57 bits per heavy atom. The van der Waals surface area contributed by atoms with Crippen LogP contribution in [0.1, 0.15) is 35.7 Å². The predicted molar refractivity (Wildman–Crippen MR) is 137 cm³/mol. The van der Waals surface area contributed by atoms with Crippen molar-refractivity contribution in [3.8, 4) is 16.3 Å². The van der Waals surface area contributed by atoms with Crippen LogP contribution in [0.2, 0.25) is 0 Å². The fourth-order valence-electron chi connectivity index (χ4n) is 3.47. The second kappa shape index (κ2) is 11.5. The van der Waals surface area contributed by atoms with E-state index in [2.05, 4.69) is 29.6 Å². The molecule has 0 radical (unpaired) electrons. The highest BCUT2D eigenvalue weighted by atomic mass is 32.1. The van der Waals surface area contributed by atoms with E-state index in [0.717, 1.165) is 34.9 Å². The summed E-state index contributed by atoms with van der Waals surface area (Å²) in [5, 5.41) is 6.69. The Kier molecular flexibility index (Phi) is 7.92. The summed E-state index contributed by atoms with van der Waals surface area (Å²) in [6.45, 7) is 6.54. The number of carbonyl (C=O) groups excluding carboxylic acids is 2. The molecule has 0 aliphatic rings. The van der Waals surface area contributed by atoms with E-state index in [1.54, 1.807) is 34.2 Å². The second-order valence-corrected chi connectivity index (χ2v) is 8.64. The van der Waals surface area contributed by atoms with E-state index < -0.39 is 11.8 Å². The summed E-state index contributed by atoms with van der Waals surface area (Å²) in [5.41, 5.74) is 7.25. The number of hydrogen-bond acceptors (Lipinski definition) is 6. The van der Waals surface area contributed by atoms with Crippen molar-refractivity contribution < 1.29 is 14.0 Å². The fraction of sp³-hybridized carbons (Fsp3) is 0.192. The molecule has 0 bridgehead atoms. The Morgan fingerprint density at radius 1 is 1.06 bits per heavy atom. The van der Waals surface area contributed by atoms with E-state index in [0.29, 0.717) is 12.3 Å². The van der Waals surface area contributed by atoms with Gasteiger partial charge in [0.05, 0.1) is 17.1 Å². The minimum atomic E-state index is -0.520. The van der Waals surface area contributed by atoms with E-state index in [1.165, 1.54) is 6.08 Å². The lowest BCUT2D eigenvalue weighted by Crippen LogP contribution is -2.40. The van der Waals surface area contributed by atoms with Crippen molar-refractivity contribution in [1.29, 1.82) is 0 Å². The number of furan rings is 1. The van der Waals surface area contributed by atoms with Crippen LogP contribution >= 0.6 is 11.3 Å². The van der Waals surface area contributed by atoms with Gasteiger partial charge in [0.1, 0.15) is 11.5 Å². The number of para-hydroxylation sites is 1. The third kappa shape index (κ3) is 6.14. The Labute approximate surface area is 207 Å². The van der Waals surface area contributed by atoms with Crippen LogP contribution in [-0.2, 0) is 11.3 Å². The Morgan fingerprint density at radius 2 is 1.86 bits per heavy atom. The van der Waals surface area contributed by atoms with Crippen molar-refractivity contribution in [3.05, 3.63) is 89.3 Å². The van der Waals surface area contributed by atoms with Crippen LogP contribution in [0.5, 0.6) is 0 Å². The molecule has 0 fully saturated rings. The molecule has 3 heterocycles. The average Bonchev–Trinajstić information content (AvgIpc) is 3.65. The van der Waals surface area contributed by atoms with Crippen LogP contribution in [0, 0.1) is 0 Å². The molecule has 3 aromatic heterocycles. The molecular weight excluding hydrogens is 462 g/mol. The third-order valence-corrected chi connectivity index (χ3v) is 6.27. The molecule has 35 heavy (non-hydrogen) atoms. The zero-order valence-electron chi connectivity index (χ0n) is 19.6. The number of carbonyl (C=O) groups is 2. The van der Waals surface area contributed by atoms with Crippen molar-refractivity contribution in [1.82, 2.24) is 25.5 Å². The number of rotatable bonds is 9. The first-order chi connectivity index (χ1) is 17.1. The summed E-state index contributed by atoms with van der Waals surface area (Å²) in [6, 6.07) is 17.1. The molecule has 0 saturated carbocycles. The number of nitrogens with zero attached hydrogens (tertiary/aromatic N) is 3. The first kappa shape index (κ1) is 24.2. The molecule has 0 aliphatic heterocycles. The summed E-state index contributed by atoms with van der Waals surface area (Å²) in [4.78, 5) is 27.9. The van der Waals surface area contributed by atoms with Gasteiger partial charge < -0.3 is 4.42 Å². The molecule has 0 atom stereocenters. The van der Waals surface area contributed by atoms with Crippen molar-refractivity contribution >= 4 is 29.2 Å². The van der Waals surface area contributed by atoms with Crippen molar-refractivity contribution in [3.63, 3.8) is 0 Å². The van der Waals surface area contributed by atoms with E-state index in [-0.39, 0.29) is 5.76 Å². The highest BCUT2D eigenvalue weighted by molar-refractivity contribution is 7.13. The minimum absolute atomic E-state index is 0.139. The molecule has 4 aromatic rings. The molecule has 9 heteroatoms. The van der Waals surface area contributed by atoms with Gasteiger partial charge >= 0.3 is 5.91 Å². The molecule has 0 unspecified atom stereocenters. The summed E-state index contributed by atoms with van der Waals surface area (Å²) >= 11 is 1.57. The van der Waals surface area contributed by atoms with Gasteiger partial charge in [0.2, 0.25) is 0 Å². The first-order valence-corrected chi connectivity index (χ1v) is 12.2. The van der Waals surface area contributed by atoms with Crippen LogP contribution in [0.4, 0.5) is 0 Å². The summed E-state index contributed by atoms with van der Waals surface area (Å²) in [7, 11) is 0. The van der Waals surface area contributed by atoms with Crippen LogP contribution in [0.3, 0.4) is 0 Å². The highest BCUT2D eigenvalue weighted by Gasteiger charge is 2.14. The summed E-state index contributed by atoms with van der Waals surface area (Å²) in [5.74, 6) is -0.159. The van der Waals surface area contributed by atoms with Gasteiger partial charge in [-0.05, 0) is 54.9 Å². The van der Waals surface area contributed by atoms with Crippen molar-refractivity contribution in [2.24, 2.45) is 0 Å². The van der Waals surface area contributed by atoms with E-state index in [1.807, 2.05) is 54.0 Å². The molecule has 0 saturated heterocycles. The number of hydrazine groups is 1. The lowest BCUT2D eigenvalue weighted by molar-refractivity contribution is -0.117. The number of benzene rings is 1. The lowest BCUT2D eigenvalue weighted by atomic mass is 10.2. The van der Waals surface area contributed by atoms with Gasteiger partial charge in [-0.25, -0.2) is 4.68 Å². The van der Waals surface area contributed by atoms with Gasteiger partial charge in [0.25, 0.3) is 5.91 Å². The molecule has 2 N–H and O–H groups in total. The number of hydrogen-bond donors (Lipinski definition) is 2. The first-order valence-electron chi connectivity index (χ1n) is 11.4. The van der Waals surface area contributed by atoms with Gasteiger partial charge in [0.15, 0.2) is 5.76 Å². The van der Waals surface area contributed by atoms with Gasteiger partial charge in [-0.1, -0.05) is 38.1 Å². The average molecular weight is 490 g/mol. The van der Waals surface area contributed by atoms with Gasteiger partial charge in [-0.3, -0.25) is 25.3 Å². The van der Waals surface area contributed by atoms with Gasteiger partial charge in [-0.15, -0.1) is 11.3 Å². The van der Waals surface area contributed by atoms with E-state index >= 15 is 0 Å². The minimum Gasteiger partial charge on any atom is -0.454 e. The molecule has 4 rings (SSSR count). The Balaban J connectivity index is 1.40. The largest absolute Gasteiger partial charge is 0.454 e. The maximum atomic E-state index is 12.4. The zero-order valence-corrected chi connectivity index (χ0v) is 20.4. The topological polar surface area (TPSA) is 92.4 Å². The molecule has 1 aromatic carbocycles. The monoisotopic (exact) mass is 489 g/mol. The maximum Gasteiger partial charge on any atom is 0.305 e. The smallest absolute Gasteiger partial charge is 0.305 e. The predicted octanol–water partition coefficient (Wildman–Crippen LogP) is 4.51. The molecule has 0 spiro atoms. The Bertz CT molecular complexity index is 1290. The number of amides is 2. The standard InChI is InChI=1S/C26H27N5O3S/c1-3-30(4-2)18-21-13-14-22(34-21)26(33)28-27-24(32)15-12-19-17-31(20-9-6-5-7-10-20)29-25(19)23-11-8-16-35-23/h5-17H,3-4,18H2,1-2H3,(H,27,32)(H,28,33)/b15-12+. The number of aromatic nitrogens is 2. The quantitative estimate of drug-likeness (QED) is 0.267. The normalized spacial score (nSPS) is 11.3. The van der Waals surface area contributed by atoms with Gasteiger partial charge in [0, 0.05) is 17.8 Å². The van der Waals surface area contributed by atoms with Crippen molar-refractivity contribution in [2.75, 3.05) is 13.1 Å². The molecule has 0 aliphatic carbocycles. The highest BCUT2D eigenvalue weighted by Crippen LogP contribution is 2.28. The molecular formula is C26H27N5O3S. The van der Waals surface area contributed by atoms with Gasteiger partial charge in [-0.2, -0.15) is 5.10 Å². The summed E-state index contributed by atoms with van der Waals surface area (Å²) < 4.78 is 7.39. The van der Waals surface area contributed by atoms with Crippen LogP contribution in [-0.4, -0.2) is 39.6 Å². The van der Waals surface area contributed by atoms with Crippen LogP contribution in [0.15, 0.2) is 76.7 Å². The molecule has 2 amide bonds. The number of nitrogens with one attached hydrogen (secondary N) is 2. The van der Waals surface area contributed by atoms with Crippen LogP contribution in [0.25, 0.3) is 22.3 Å². The third-order valence-electron chi connectivity index (χ3n) is 5.39. The number of thiophene rings is 1. The second-order valence-electron chi connectivity index (χ2n) is 7.69. The Hall–Kier alpha value is -3.95. The summed E-state index contributed by atoms with van der Waals surface area (Å²) in [6.07, 6.45) is 4.91. The lowest BCUT2D eigenvalue weighted by Gasteiger charge is -2.15. The molecule has 8 nitrogen and oxygen atoms in total. The zero-order chi connectivity index (χ0) is 24.6. The van der Waals surface area contributed by atoms with Crippen molar-refractivity contribution in [2.45, 2.75) is 20.4 Å². The van der Waals surface area contributed by atoms with Crippen LogP contribution < -0.4 is 10.9 Å². The molecule has 180 valence electrons.